The lowest BCUT2D eigenvalue weighted by molar-refractivity contribution is 0.0697. The average Bonchev–Trinajstić information content (AvgIpc) is 2.64. The number of nitrogens with two attached hydrogens (primary N) is 1. The molecule has 0 aliphatic rings. The van der Waals surface area contributed by atoms with Crippen molar-refractivity contribution in [3.8, 4) is 16.9 Å². The van der Waals surface area contributed by atoms with Gasteiger partial charge in [-0.15, -0.1) is 0 Å². The Morgan fingerprint density at radius 1 is 1.31 bits per heavy atom. The van der Waals surface area contributed by atoms with Crippen molar-refractivity contribution in [1.29, 1.82) is 0 Å². The van der Waals surface area contributed by atoms with Crippen LogP contribution in [0.1, 0.15) is 28.2 Å². The summed E-state index contributed by atoms with van der Waals surface area (Å²) >= 11 is 0. The smallest absolute Gasteiger partial charge is 0.337 e. The summed E-state index contributed by atoms with van der Waals surface area (Å²) < 4.78 is 31.2. The van der Waals surface area contributed by atoms with Crippen molar-refractivity contribution in [3.63, 3.8) is 0 Å². The molecule has 0 saturated carbocycles. The maximum Gasteiger partial charge on any atom is 0.337 e. The molecule has 0 saturated heterocycles. The number of rotatable bonds is 6. The van der Waals surface area contributed by atoms with E-state index in [0.717, 1.165) is 18.5 Å². The predicted octanol–water partition coefficient (Wildman–Crippen LogP) is 2.79. The number of ether oxygens (including phenoxy) is 1. The third-order valence-electron chi connectivity index (χ3n) is 3.46. The van der Waals surface area contributed by atoms with Crippen molar-refractivity contribution in [3.05, 3.63) is 47.6 Å². The number of hydrogen-bond donors (Lipinski definition) is 2. The zero-order valence-corrected chi connectivity index (χ0v) is 14.0. The maximum absolute atomic E-state index is 13.0. The van der Waals surface area contributed by atoms with E-state index in [0.29, 0.717) is 0 Å². The van der Waals surface area contributed by atoms with Crippen LogP contribution in [-0.2, 0) is 0 Å². The van der Waals surface area contributed by atoms with E-state index in [1.165, 1.54) is 25.5 Å². The SMILES string of the molecule is CN=CC=C(N)c1cc(-c2cc(C(F)F)ncc2OC)c(C(=O)O)cn1. The van der Waals surface area contributed by atoms with Crippen LogP contribution >= 0.6 is 0 Å². The fraction of sp³-hybridized carbons (Fsp3) is 0.176. The topological polar surface area (TPSA) is 111 Å². The van der Waals surface area contributed by atoms with E-state index in [-0.39, 0.29) is 33.8 Å². The normalized spacial score (nSPS) is 12.0. The Bertz CT molecular complexity index is 882. The number of alkyl halides is 2. The lowest BCUT2D eigenvalue weighted by atomic mass is 9.99. The summed E-state index contributed by atoms with van der Waals surface area (Å²) in [5, 5.41) is 9.43. The Kier molecular flexibility index (Phi) is 5.94. The van der Waals surface area contributed by atoms with E-state index in [4.69, 9.17) is 10.5 Å². The van der Waals surface area contributed by atoms with Gasteiger partial charge in [0, 0.05) is 30.6 Å². The first-order valence-electron chi connectivity index (χ1n) is 7.33. The van der Waals surface area contributed by atoms with Crippen molar-refractivity contribution in [2.24, 2.45) is 10.7 Å². The lowest BCUT2D eigenvalue weighted by Gasteiger charge is -2.13. The molecule has 0 fully saturated rings. The molecule has 3 N–H and O–H groups in total. The number of carbonyl (C=O) groups is 1. The highest BCUT2D eigenvalue weighted by molar-refractivity contribution is 5.97. The van der Waals surface area contributed by atoms with E-state index in [1.54, 1.807) is 7.05 Å². The molecule has 0 unspecified atom stereocenters. The minimum Gasteiger partial charge on any atom is -0.494 e. The van der Waals surface area contributed by atoms with Gasteiger partial charge < -0.3 is 15.6 Å². The van der Waals surface area contributed by atoms with Crippen molar-refractivity contribution >= 4 is 17.9 Å². The molecule has 0 aliphatic carbocycles. The van der Waals surface area contributed by atoms with E-state index in [1.807, 2.05) is 0 Å². The molecule has 9 heteroatoms. The van der Waals surface area contributed by atoms with Gasteiger partial charge in [0.2, 0.25) is 0 Å². The second kappa shape index (κ2) is 8.15. The number of carboxylic acids is 1. The number of methoxy groups -OCH3 is 1. The molecule has 0 radical (unpaired) electrons. The first-order chi connectivity index (χ1) is 12.4. The van der Waals surface area contributed by atoms with Gasteiger partial charge in [-0.05, 0) is 18.2 Å². The summed E-state index contributed by atoms with van der Waals surface area (Å²) in [6, 6.07) is 2.48. The molecule has 2 aromatic heterocycles. The fourth-order valence-electron chi connectivity index (χ4n) is 2.20. The largest absolute Gasteiger partial charge is 0.494 e. The maximum atomic E-state index is 13.0. The highest BCUT2D eigenvalue weighted by Gasteiger charge is 2.20. The summed E-state index contributed by atoms with van der Waals surface area (Å²) in [6.07, 6.45) is 2.34. The number of halogens is 2. The third-order valence-corrected chi connectivity index (χ3v) is 3.46. The molecular weight excluding hydrogens is 346 g/mol. The molecule has 0 aromatic carbocycles. The molecule has 0 atom stereocenters. The molecular formula is C17H16F2N4O3. The quantitative estimate of drug-likeness (QED) is 0.765. The molecule has 136 valence electrons. The van der Waals surface area contributed by atoms with Gasteiger partial charge in [0.25, 0.3) is 6.43 Å². The lowest BCUT2D eigenvalue weighted by Crippen LogP contribution is -2.06. The van der Waals surface area contributed by atoms with Crippen molar-refractivity contribution in [2.75, 3.05) is 14.2 Å². The highest BCUT2D eigenvalue weighted by atomic mass is 19.3. The van der Waals surface area contributed by atoms with Gasteiger partial charge in [-0.1, -0.05) is 0 Å². The number of allylic oxidation sites excluding steroid dienone is 1. The Morgan fingerprint density at radius 2 is 2.04 bits per heavy atom. The Labute approximate surface area is 147 Å². The molecule has 2 aromatic rings. The first kappa shape index (κ1) is 19.0. The van der Waals surface area contributed by atoms with Crippen LogP contribution in [-0.4, -0.2) is 41.4 Å². The van der Waals surface area contributed by atoms with Crippen LogP contribution in [0.3, 0.4) is 0 Å². The monoisotopic (exact) mass is 362 g/mol. The summed E-state index contributed by atoms with van der Waals surface area (Å²) in [5.74, 6) is -1.12. The summed E-state index contributed by atoms with van der Waals surface area (Å²) in [7, 11) is 2.89. The number of aliphatic imine (C=N–C) groups is 1. The zero-order chi connectivity index (χ0) is 19.3. The van der Waals surface area contributed by atoms with Gasteiger partial charge in [-0.3, -0.25) is 15.0 Å². The van der Waals surface area contributed by atoms with Gasteiger partial charge in [-0.2, -0.15) is 0 Å². The van der Waals surface area contributed by atoms with Crippen molar-refractivity contribution in [1.82, 2.24) is 9.97 Å². The number of pyridine rings is 2. The number of hydrogen-bond acceptors (Lipinski definition) is 6. The second-order valence-corrected chi connectivity index (χ2v) is 5.06. The number of aromatic carboxylic acids is 1. The number of nitrogens with zero attached hydrogens (tertiary/aromatic N) is 3. The summed E-state index contributed by atoms with van der Waals surface area (Å²) in [4.78, 5) is 23.0. The van der Waals surface area contributed by atoms with E-state index in [2.05, 4.69) is 15.0 Å². The van der Waals surface area contributed by atoms with Crippen LogP contribution in [0.25, 0.3) is 16.8 Å². The molecule has 0 amide bonds. The molecule has 2 rings (SSSR count). The predicted molar refractivity (Wildman–Crippen MR) is 92.5 cm³/mol. The van der Waals surface area contributed by atoms with Crippen molar-refractivity contribution in [2.45, 2.75) is 6.43 Å². The molecule has 0 bridgehead atoms. The van der Waals surface area contributed by atoms with Crippen LogP contribution in [0.15, 0.2) is 35.6 Å². The fourth-order valence-corrected chi connectivity index (χ4v) is 2.20. The molecule has 0 aliphatic heterocycles. The van der Waals surface area contributed by atoms with Crippen LogP contribution < -0.4 is 10.5 Å². The number of aromatic nitrogens is 2. The van der Waals surface area contributed by atoms with E-state index < -0.39 is 18.1 Å². The Morgan fingerprint density at radius 3 is 2.62 bits per heavy atom. The van der Waals surface area contributed by atoms with Gasteiger partial charge in [0.1, 0.15) is 11.4 Å². The van der Waals surface area contributed by atoms with Crippen molar-refractivity contribution < 1.29 is 23.4 Å². The standard InChI is InChI=1S/C17H16F2N4O3/c1-21-4-3-12(20)13-5-9(11(7-22-13)17(24)25)10-6-14(16(18)19)23-8-15(10)26-2/h3-8,16H,20H2,1-2H3,(H,24,25). The average molecular weight is 362 g/mol. The van der Waals surface area contributed by atoms with Crippen LogP contribution in [0.4, 0.5) is 8.78 Å². The van der Waals surface area contributed by atoms with Gasteiger partial charge in [0.15, 0.2) is 0 Å². The minimum atomic E-state index is -2.82. The molecule has 2 heterocycles. The van der Waals surface area contributed by atoms with Crippen LogP contribution in [0.2, 0.25) is 0 Å². The third kappa shape index (κ3) is 4.00. The van der Waals surface area contributed by atoms with Crippen LogP contribution in [0.5, 0.6) is 5.75 Å². The second-order valence-electron chi connectivity index (χ2n) is 5.06. The molecule has 26 heavy (non-hydrogen) atoms. The van der Waals surface area contributed by atoms with Gasteiger partial charge in [-0.25, -0.2) is 13.6 Å². The summed E-state index contributed by atoms with van der Waals surface area (Å²) in [6.45, 7) is 0. The Balaban J connectivity index is 2.74. The zero-order valence-electron chi connectivity index (χ0n) is 14.0. The highest BCUT2D eigenvalue weighted by Crippen LogP contribution is 2.35. The molecule has 7 nitrogen and oxygen atoms in total. The first-order valence-corrected chi connectivity index (χ1v) is 7.33. The van der Waals surface area contributed by atoms with E-state index in [9.17, 15) is 18.7 Å². The molecule has 0 spiro atoms. The summed E-state index contributed by atoms with van der Waals surface area (Å²) in [5.41, 5.74) is 5.99. The minimum absolute atomic E-state index is 0.133. The van der Waals surface area contributed by atoms with Gasteiger partial charge >= 0.3 is 5.97 Å². The Hall–Kier alpha value is -3.36. The van der Waals surface area contributed by atoms with Gasteiger partial charge in [0.05, 0.1) is 30.3 Å². The number of carboxylic acid groups (broad SMARTS) is 1. The van der Waals surface area contributed by atoms with Crippen LogP contribution in [0, 0.1) is 0 Å². The van der Waals surface area contributed by atoms with E-state index >= 15 is 0 Å².